The molecule has 1 aromatic heterocycles. The minimum absolute atomic E-state index is 0.274. The van der Waals surface area contributed by atoms with Crippen LogP contribution in [0.15, 0.2) is 24.4 Å². The van der Waals surface area contributed by atoms with Gasteiger partial charge in [0, 0.05) is 18.1 Å². The molecule has 0 aliphatic rings. The number of alkyl halides is 4. The molecule has 0 atom stereocenters. The van der Waals surface area contributed by atoms with Crippen LogP contribution in [-0.2, 0) is 0 Å². The van der Waals surface area contributed by atoms with Crippen LogP contribution in [0.5, 0.6) is 0 Å². The van der Waals surface area contributed by atoms with Gasteiger partial charge in [-0.25, -0.2) is 4.98 Å². The van der Waals surface area contributed by atoms with Gasteiger partial charge in [-0.15, -0.1) is 0 Å². The summed E-state index contributed by atoms with van der Waals surface area (Å²) >= 11 is 3.12. The lowest BCUT2D eigenvalue weighted by molar-refractivity contribution is -0.119. The van der Waals surface area contributed by atoms with Gasteiger partial charge in [-0.1, -0.05) is 22.0 Å². The summed E-state index contributed by atoms with van der Waals surface area (Å²) in [5.41, 5.74) is 0. The van der Waals surface area contributed by atoms with E-state index in [2.05, 4.69) is 20.9 Å². The first-order chi connectivity index (χ1) is 7.03. The van der Waals surface area contributed by atoms with E-state index in [1.54, 1.807) is 18.2 Å². The Morgan fingerprint density at radius 1 is 1.33 bits per heavy atom. The second-order valence-electron chi connectivity index (χ2n) is 2.91. The molecule has 0 fully saturated rings. The minimum atomic E-state index is -4.21. The minimum Gasteiger partial charge on any atom is -0.347 e. The molecular weight excluding hydrogens is 273 g/mol. The molecule has 0 radical (unpaired) electrons. The third kappa shape index (κ3) is 4.51. The number of hydrogen-bond acceptors (Lipinski definition) is 2. The van der Waals surface area contributed by atoms with Gasteiger partial charge in [0.15, 0.2) is 0 Å². The maximum absolute atomic E-state index is 12.2. The lowest BCUT2D eigenvalue weighted by Gasteiger charge is -2.23. The van der Waals surface area contributed by atoms with Crippen molar-refractivity contribution in [2.45, 2.75) is 6.18 Å². The summed E-state index contributed by atoms with van der Waals surface area (Å²) in [5.74, 6) is 0.342. The first-order valence-corrected chi connectivity index (χ1v) is 5.44. The Kier molecular flexibility index (Phi) is 4.38. The van der Waals surface area contributed by atoms with Crippen molar-refractivity contribution in [3.63, 3.8) is 0 Å². The Bertz CT molecular complexity index is 289. The van der Waals surface area contributed by atoms with Crippen LogP contribution in [0.4, 0.5) is 19.0 Å². The Hall–Kier alpha value is -0.780. The van der Waals surface area contributed by atoms with E-state index in [4.69, 9.17) is 0 Å². The zero-order valence-corrected chi connectivity index (χ0v) is 9.42. The van der Waals surface area contributed by atoms with E-state index in [0.717, 1.165) is 0 Å². The average molecular weight is 283 g/mol. The van der Waals surface area contributed by atoms with Gasteiger partial charge in [-0.2, -0.15) is 13.2 Å². The van der Waals surface area contributed by atoms with Crippen molar-refractivity contribution in [1.82, 2.24) is 4.98 Å². The molecule has 0 aliphatic heterocycles. The first kappa shape index (κ1) is 12.3. The van der Waals surface area contributed by atoms with Crippen molar-refractivity contribution in [3.05, 3.63) is 24.4 Å². The van der Waals surface area contributed by atoms with Crippen LogP contribution in [0, 0.1) is 0 Å². The van der Waals surface area contributed by atoms with Gasteiger partial charge in [-0.05, 0) is 12.1 Å². The average Bonchev–Trinajstić information content (AvgIpc) is 2.17. The van der Waals surface area contributed by atoms with Crippen LogP contribution in [0.25, 0.3) is 0 Å². The lowest BCUT2D eigenvalue weighted by atomic mass is 10.4. The summed E-state index contributed by atoms with van der Waals surface area (Å²) in [6.07, 6.45) is -2.73. The fourth-order valence-corrected chi connectivity index (χ4v) is 1.56. The smallest absolute Gasteiger partial charge is 0.347 e. The van der Waals surface area contributed by atoms with Gasteiger partial charge in [0.1, 0.15) is 12.4 Å². The van der Waals surface area contributed by atoms with Gasteiger partial charge < -0.3 is 4.90 Å². The van der Waals surface area contributed by atoms with Crippen LogP contribution in [-0.4, -0.2) is 29.6 Å². The van der Waals surface area contributed by atoms with E-state index in [-0.39, 0.29) is 6.54 Å². The fraction of sp³-hybridized carbons (Fsp3) is 0.444. The molecule has 2 nitrogen and oxygen atoms in total. The SMILES string of the molecule is FC(F)(F)CN(CCBr)c1ccccn1. The molecule has 0 saturated carbocycles. The van der Waals surface area contributed by atoms with Crippen molar-refractivity contribution in [2.24, 2.45) is 0 Å². The summed E-state index contributed by atoms with van der Waals surface area (Å²) in [4.78, 5) is 5.08. The van der Waals surface area contributed by atoms with E-state index in [1.807, 2.05) is 0 Å². The second-order valence-corrected chi connectivity index (χ2v) is 3.71. The topological polar surface area (TPSA) is 16.1 Å². The molecule has 0 saturated heterocycles. The number of pyridine rings is 1. The summed E-state index contributed by atoms with van der Waals surface area (Å²) in [6, 6.07) is 4.90. The van der Waals surface area contributed by atoms with E-state index in [9.17, 15) is 13.2 Å². The molecule has 1 aromatic rings. The quantitative estimate of drug-likeness (QED) is 0.790. The van der Waals surface area contributed by atoms with Gasteiger partial charge >= 0.3 is 6.18 Å². The van der Waals surface area contributed by atoms with Crippen LogP contribution >= 0.6 is 15.9 Å². The summed E-state index contributed by atoms with van der Waals surface area (Å²) < 4.78 is 36.7. The molecule has 0 aromatic carbocycles. The van der Waals surface area contributed by atoms with Gasteiger partial charge in [0.25, 0.3) is 0 Å². The van der Waals surface area contributed by atoms with E-state index in [1.165, 1.54) is 11.1 Å². The number of rotatable bonds is 4. The first-order valence-electron chi connectivity index (χ1n) is 4.31. The van der Waals surface area contributed by atoms with Crippen molar-refractivity contribution < 1.29 is 13.2 Å². The van der Waals surface area contributed by atoms with E-state index < -0.39 is 12.7 Å². The van der Waals surface area contributed by atoms with Gasteiger partial charge in [-0.3, -0.25) is 0 Å². The highest BCUT2D eigenvalue weighted by Crippen LogP contribution is 2.20. The molecule has 0 bridgehead atoms. The van der Waals surface area contributed by atoms with Crippen LogP contribution in [0.2, 0.25) is 0 Å². The highest BCUT2D eigenvalue weighted by atomic mass is 79.9. The normalized spacial score (nSPS) is 11.5. The van der Waals surface area contributed by atoms with Gasteiger partial charge in [0.2, 0.25) is 0 Å². The predicted molar refractivity (Wildman–Crippen MR) is 56.3 cm³/mol. The number of anilines is 1. The fourth-order valence-electron chi connectivity index (χ4n) is 1.13. The highest BCUT2D eigenvalue weighted by Gasteiger charge is 2.30. The molecule has 6 heteroatoms. The third-order valence-corrected chi connectivity index (χ3v) is 2.05. The number of hydrogen-bond donors (Lipinski definition) is 0. The maximum atomic E-state index is 12.2. The number of aromatic nitrogens is 1. The second kappa shape index (κ2) is 5.34. The van der Waals surface area contributed by atoms with E-state index >= 15 is 0 Å². The Balaban J connectivity index is 2.75. The summed E-state index contributed by atoms with van der Waals surface area (Å²) in [7, 11) is 0. The summed E-state index contributed by atoms with van der Waals surface area (Å²) in [5, 5.41) is 0.472. The van der Waals surface area contributed by atoms with Crippen molar-refractivity contribution in [1.29, 1.82) is 0 Å². The third-order valence-electron chi connectivity index (χ3n) is 1.70. The molecule has 15 heavy (non-hydrogen) atoms. The van der Waals surface area contributed by atoms with Crippen molar-refractivity contribution in [2.75, 3.05) is 23.3 Å². The van der Waals surface area contributed by atoms with Crippen LogP contribution in [0.3, 0.4) is 0 Å². The number of nitrogens with zero attached hydrogens (tertiary/aromatic N) is 2. The summed E-state index contributed by atoms with van der Waals surface area (Å²) in [6.45, 7) is -0.702. The Morgan fingerprint density at radius 3 is 2.53 bits per heavy atom. The maximum Gasteiger partial charge on any atom is 0.405 e. The van der Waals surface area contributed by atoms with Crippen LogP contribution in [0.1, 0.15) is 0 Å². The lowest BCUT2D eigenvalue weighted by Crippen LogP contribution is -2.36. The molecule has 1 rings (SSSR count). The van der Waals surface area contributed by atoms with Gasteiger partial charge in [0.05, 0.1) is 0 Å². The van der Waals surface area contributed by atoms with Crippen molar-refractivity contribution in [3.8, 4) is 0 Å². The van der Waals surface area contributed by atoms with Crippen LogP contribution < -0.4 is 4.90 Å². The Morgan fingerprint density at radius 2 is 2.07 bits per heavy atom. The zero-order valence-electron chi connectivity index (χ0n) is 7.84. The van der Waals surface area contributed by atoms with E-state index in [0.29, 0.717) is 11.1 Å². The monoisotopic (exact) mass is 282 g/mol. The molecule has 0 N–H and O–H groups in total. The molecule has 84 valence electrons. The molecule has 1 heterocycles. The molecule has 0 spiro atoms. The molecule has 0 aliphatic carbocycles. The molecule has 0 unspecified atom stereocenters. The highest BCUT2D eigenvalue weighted by molar-refractivity contribution is 9.09. The standard InChI is InChI=1S/C9H10BrF3N2/c10-4-6-15(7-9(11,12)13)8-3-1-2-5-14-8/h1-3,5H,4,6-7H2. The molecular formula is C9H10BrF3N2. The largest absolute Gasteiger partial charge is 0.405 e. The Labute approximate surface area is 94.2 Å². The zero-order chi connectivity index (χ0) is 11.3. The predicted octanol–water partition coefficient (Wildman–Crippen LogP) is 2.85. The molecule has 0 amide bonds. The number of halogens is 4. The van der Waals surface area contributed by atoms with Crippen molar-refractivity contribution >= 4 is 21.7 Å².